The topological polar surface area (TPSA) is 28.2 Å². The molecule has 106 valence electrons. The van der Waals surface area contributed by atoms with E-state index in [2.05, 4.69) is 41.2 Å². The predicted molar refractivity (Wildman–Crippen MR) is 80.0 cm³/mol. The maximum absolute atomic E-state index is 4.10. The van der Waals surface area contributed by atoms with E-state index in [4.69, 9.17) is 0 Å². The molecule has 0 bridgehead atoms. The summed E-state index contributed by atoms with van der Waals surface area (Å²) < 4.78 is 0. The van der Waals surface area contributed by atoms with Crippen LogP contribution < -0.4 is 5.32 Å². The average Bonchev–Trinajstić information content (AvgIpc) is 2.41. The highest BCUT2D eigenvalue weighted by Gasteiger charge is 2.21. The highest BCUT2D eigenvalue weighted by Crippen LogP contribution is 2.19. The highest BCUT2D eigenvalue weighted by molar-refractivity contribution is 5.09. The molecule has 19 heavy (non-hydrogen) atoms. The fraction of sp³-hybridized carbons (Fsp3) is 0.688. The second kappa shape index (κ2) is 7.61. The predicted octanol–water partition coefficient (Wildman–Crippen LogP) is 2.68. The molecular formula is C16H27N3. The first kappa shape index (κ1) is 14.5. The summed E-state index contributed by atoms with van der Waals surface area (Å²) in [6.45, 7) is 9.08. The smallest absolute Gasteiger partial charge is 0.0271 e. The normalized spacial score (nSPS) is 20.9. The van der Waals surface area contributed by atoms with Gasteiger partial charge in [-0.3, -0.25) is 9.88 Å². The van der Waals surface area contributed by atoms with Crippen LogP contribution in [0.15, 0.2) is 24.5 Å². The standard InChI is InChI=1S/C16H27N3/c1-14(2)11-18-12-16-5-3-4-10-19(16)13-15-6-8-17-9-7-15/h6-9,14,16,18H,3-5,10-13H2,1-2H3. The summed E-state index contributed by atoms with van der Waals surface area (Å²) in [7, 11) is 0. The van der Waals surface area contributed by atoms with Crippen LogP contribution in [0.2, 0.25) is 0 Å². The van der Waals surface area contributed by atoms with E-state index in [1.807, 2.05) is 12.4 Å². The van der Waals surface area contributed by atoms with Gasteiger partial charge in [0.1, 0.15) is 0 Å². The van der Waals surface area contributed by atoms with Gasteiger partial charge in [-0.25, -0.2) is 0 Å². The lowest BCUT2D eigenvalue weighted by Gasteiger charge is -2.36. The maximum atomic E-state index is 4.10. The quantitative estimate of drug-likeness (QED) is 0.853. The zero-order valence-electron chi connectivity index (χ0n) is 12.3. The van der Waals surface area contributed by atoms with Crippen molar-refractivity contribution in [3.05, 3.63) is 30.1 Å². The third-order valence-corrected chi connectivity index (χ3v) is 3.82. The second-order valence-corrected chi connectivity index (χ2v) is 6.03. The van der Waals surface area contributed by atoms with Gasteiger partial charge < -0.3 is 5.32 Å². The second-order valence-electron chi connectivity index (χ2n) is 6.03. The van der Waals surface area contributed by atoms with E-state index in [0.29, 0.717) is 6.04 Å². The minimum absolute atomic E-state index is 0.695. The Bertz CT molecular complexity index is 350. The number of aromatic nitrogens is 1. The minimum atomic E-state index is 0.695. The molecule has 0 amide bonds. The van der Waals surface area contributed by atoms with Gasteiger partial charge in [-0.05, 0) is 49.5 Å². The molecule has 0 spiro atoms. The molecule has 1 aliphatic rings. The number of nitrogens with zero attached hydrogens (tertiary/aromatic N) is 2. The Balaban J connectivity index is 1.85. The van der Waals surface area contributed by atoms with Gasteiger partial charge in [-0.1, -0.05) is 20.3 Å². The number of nitrogens with one attached hydrogen (secondary N) is 1. The number of likely N-dealkylation sites (tertiary alicyclic amines) is 1. The van der Waals surface area contributed by atoms with Gasteiger partial charge in [0.2, 0.25) is 0 Å². The molecular weight excluding hydrogens is 234 g/mol. The van der Waals surface area contributed by atoms with Crippen molar-refractivity contribution in [3.63, 3.8) is 0 Å². The van der Waals surface area contributed by atoms with E-state index < -0.39 is 0 Å². The average molecular weight is 261 g/mol. The van der Waals surface area contributed by atoms with Crippen LogP contribution in [-0.2, 0) is 6.54 Å². The van der Waals surface area contributed by atoms with Crippen molar-refractivity contribution in [1.29, 1.82) is 0 Å². The summed E-state index contributed by atoms with van der Waals surface area (Å²) in [5, 5.41) is 3.62. The Hall–Kier alpha value is -0.930. The van der Waals surface area contributed by atoms with E-state index >= 15 is 0 Å². The number of hydrogen-bond acceptors (Lipinski definition) is 3. The Kier molecular flexibility index (Phi) is 5.80. The molecule has 2 rings (SSSR count). The van der Waals surface area contributed by atoms with Crippen molar-refractivity contribution in [2.75, 3.05) is 19.6 Å². The molecule has 0 saturated carbocycles. The minimum Gasteiger partial charge on any atom is -0.315 e. The first-order valence-electron chi connectivity index (χ1n) is 7.59. The van der Waals surface area contributed by atoms with E-state index in [9.17, 15) is 0 Å². The fourth-order valence-electron chi connectivity index (χ4n) is 2.76. The Morgan fingerprint density at radius 3 is 2.84 bits per heavy atom. The van der Waals surface area contributed by atoms with Crippen LogP contribution >= 0.6 is 0 Å². The van der Waals surface area contributed by atoms with Crippen LogP contribution in [0, 0.1) is 5.92 Å². The van der Waals surface area contributed by atoms with Gasteiger partial charge >= 0.3 is 0 Å². The van der Waals surface area contributed by atoms with E-state index in [-0.39, 0.29) is 0 Å². The molecule has 1 N–H and O–H groups in total. The fourth-order valence-corrected chi connectivity index (χ4v) is 2.76. The molecule has 1 aliphatic heterocycles. The van der Waals surface area contributed by atoms with Crippen LogP contribution in [0.3, 0.4) is 0 Å². The molecule has 1 aromatic rings. The summed E-state index contributed by atoms with van der Waals surface area (Å²) in [5.74, 6) is 0.734. The summed E-state index contributed by atoms with van der Waals surface area (Å²) in [6.07, 6.45) is 7.83. The molecule has 1 atom stereocenters. The molecule has 2 heterocycles. The molecule has 3 nitrogen and oxygen atoms in total. The monoisotopic (exact) mass is 261 g/mol. The zero-order chi connectivity index (χ0) is 13.5. The molecule has 3 heteroatoms. The lowest BCUT2D eigenvalue weighted by molar-refractivity contribution is 0.137. The van der Waals surface area contributed by atoms with Crippen molar-refractivity contribution in [2.24, 2.45) is 5.92 Å². The lowest BCUT2D eigenvalue weighted by Crippen LogP contribution is -2.45. The van der Waals surface area contributed by atoms with Crippen LogP contribution in [0.5, 0.6) is 0 Å². The van der Waals surface area contributed by atoms with Gasteiger partial charge in [0.25, 0.3) is 0 Å². The van der Waals surface area contributed by atoms with Gasteiger partial charge in [-0.15, -0.1) is 0 Å². The van der Waals surface area contributed by atoms with Crippen molar-refractivity contribution in [1.82, 2.24) is 15.2 Å². The summed E-state index contributed by atoms with van der Waals surface area (Å²) in [5.41, 5.74) is 1.38. The molecule has 0 radical (unpaired) electrons. The lowest BCUT2D eigenvalue weighted by atomic mass is 10.0. The van der Waals surface area contributed by atoms with E-state index in [1.54, 1.807) is 0 Å². The van der Waals surface area contributed by atoms with E-state index in [0.717, 1.165) is 25.6 Å². The molecule has 1 fully saturated rings. The third-order valence-electron chi connectivity index (χ3n) is 3.82. The highest BCUT2D eigenvalue weighted by atomic mass is 15.2. The van der Waals surface area contributed by atoms with Crippen LogP contribution in [0.1, 0.15) is 38.7 Å². The number of pyridine rings is 1. The zero-order valence-corrected chi connectivity index (χ0v) is 12.3. The molecule has 1 aromatic heterocycles. The largest absolute Gasteiger partial charge is 0.315 e. The third kappa shape index (κ3) is 4.92. The van der Waals surface area contributed by atoms with Gasteiger partial charge in [0.15, 0.2) is 0 Å². The Morgan fingerprint density at radius 1 is 1.32 bits per heavy atom. The van der Waals surface area contributed by atoms with Crippen LogP contribution in [0.25, 0.3) is 0 Å². The number of hydrogen-bond donors (Lipinski definition) is 1. The van der Waals surface area contributed by atoms with Gasteiger partial charge in [0, 0.05) is 31.5 Å². The van der Waals surface area contributed by atoms with Crippen molar-refractivity contribution in [3.8, 4) is 0 Å². The number of rotatable bonds is 6. The van der Waals surface area contributed by atoms with Gasteiger partial charge in [0.05, 0.1) is 0 Å². The summed E-state index contributed by atoms with van der Waals surface area (Å²) in [6, 6.07) is 4.96. The first-order chi connectivity index (χ1) is 9.25. The summed E-state index contributed by atoms with van der Waals surface area (Å²) >= 11 is 0. The van der Waals surface area contributed by atoms with Gasteiger partial charge in [-0.2, -0.15) is 0 Å². The molecule has 1 unspecified atom stereocenters. The molecule has 0 aromatic carbocycles. The Labute approximate surface area is 117 Å². The number of piperidine rings is 1. The van der Waals surface area contributed by atoms with Crippen molar-refractivity contribution >= 4 is 0 Å². The van der Waals surface area contributed by atoms with Crippen LogP contribution in [0.4, 0.5) is 0 Å². The maximum Gasteiger partial charge on any atom is 0.0271 e. The van der Waals surface area contributed by atoms with Crippen molar-refractivity contribution in [2.45, 2.75) is 45.7 Å². The van der Waals surface area contributed by atoms with Crippen molar-refractivity contribution < 1.29 is 0 Å². The molecule has 0 aliphatic carbocycles. The first-order valence-corrected chi connectivity index (χ1v) is 7.59. The van der Waals surface area contributed by atoms with Crippen LogP contribution in [-0.4, -0.2) is 35.6 Å². The Morgan fingerprint density at radius 2 is 2.11 bits per heavy atom. The van der Waals surface area contributed by atoms with E-state index in [1.165, 1.54) is 31.4 Å². The molecule has 1 saturated heterocycles. The SMILES string of the molecule is CC(C)CNCC1CCCCN1Cc1ccncc1. The summed E-state index contributed by atoms with van der Waals surface area (Å²) in [4.78, 5) is 6.73.